The first-order valence-corrected chi connectivity index (χ1v) is 4.97. The number of nitrogens with two attached hydrogens (primary N) is 1. The predicted molar refractivity (Wildman–Crippen MR) is 52.7 cm³/mol. The van der Waals surface area contributed by atoms with Crippen LogP contribution in [-0.2, 0) is 14.3 Å². The molecule has 1 rings (SSSR count). The van der Waals surface area contributed by atoms with Crippen LogP contribution in [0.15, 0.2) is 0 Å². The van der Waals surface area contributed by atoms with Crippen LogP contribution in [0.1, 0.15) is 19.8 Å². The van der Waals surface area contributed by atoms with Crippen LogP contribution in [0.3, 0.4) is 0 Å². The second-order valence-electron chi connectivity index (χ2n) is 4.17. The lowest BCUT2D eigenvalue weighted by Gasteiger charge is -2.32. The van der Waals surface area contributed by atoms with Gasteiger partial charge in [0.1, 0.15) is 0 Å². The molecule has 1 aliphatic rings. The van der Waals surface area contributed by atoms with Crippen molar-refractivity contribution in [3.8, 4) is 0 Å². The Morgan fingerprint density at radius 3 is 2.86 bits per heavy atom. The van der Waals surface area contributed by atoms with Crippen molar-refractivity contribution in [3.63, 3.8) is 0 Å². The Morgan fingerprint density at radius 2 is 2.43 bits per heavy atom. The smallest absolute Gasteiger partial charge is 0.306 e. The van der Waals surface area contributed by atoms with Gasteiger partial charge in [0.15, 0.2) is 0 Å². The molecule has 0 aromatic carbocycles. The van der Waals surface area contributed by atoms with Crippen LogP contribution in [0.2, 0.25) is 0 Å². The molecule has 1 saturated heterocycles. The van der Waals surface area contributed by atoms with E-state index in [1.165, 1.54) is 7.11 Å². The number of esters is 1. The lowest BCUT2D eigenvalue weighted by atomic mass is 9.74. The van der Waals surface area contributed by atoms with Gasteiger partial charge in [-0.1, -0.05) is 6.92 Å². The van der Waals surface area contributed by atoms with E-state index in [1.54, 1.807) is 0 Å². The predicted octanol–water partition coefficient (Wildman–Crippen LogP) is 0.551. The first-order chi connectivity index (χ1) is 6.62. The van der Waals surface area contributed by atoms with E-state index in [0.717, 1.165) is 13.0 Å². The minimum Gasteiger partial charge on any atom is -0.469 e. The average Bonchev–Trinajstić information content (AvgIpc) is 2.70. The molecule has 1 fully saturated rings. The summed E-state index contributed by atoms with van der Waals surface area (Å²) < 4.78 is 9.98. The van der Waals surface area contributed by atoms with E-state index < -0.39 is 0 Å². The number of carbonyl (C=O) groups is 1. The van der Waals surface area contributed by atoms with Crippen molar-refractivity contribution in [2.75, 3.05) is 26.9 Å². The highest BCUT2D eigenvalue weighted by atomic mass is 16.5. The monoisotopic (exact) mass is 201 g/mol. The SMILES string of the molecule is COC(=O)CC(C)(CN)C1CCOC1. The number of ether oxygens (including phenoxy) is 2. The Kier molecular flexibility index (Phi) is 3.89. The van der Waals surface area contributed by atoms with Crippen molar-refractivity contribution in [1.29, 1.82) is 0 Å². The van der Waals surface area contributed by atoms with Crippen LogP contribution >= 0.6 is 0 Å². The summed E-state index contributed by atoms with van der Waals surface area (Å²) in [5.41, 5.74) is 5.55. The highest BCUT2D eigenvalue weighted by molar-refractivity contribution is 5.70. The molecule has 1 aliphatic heterocycles. The maximum absolute atomic E-state index is 11.2. The Labute approximate surface area is 84.7 Å². The number of carbonyl (C=O) groups excluding carboxylic acids is 1. The minimum absolute atomic E-state index is 0.177. The lowest BCUT2D eigenvalue weighted by molar-refractivity contribution is -0.144. The van der Waals surface area contributed by atoms with E-state index in [-0.39, 0.29) is 11.4 Å². The summed E-state index contributed by atoms with van der Waals surface area (Å²) in [7, 11) is 1.41. The number of methoxy groups -OCH3 is 1. The summed E-state index contributed by atoms with van der Waals surface area (Å²) >= 11 is 0. The second kappa shape index (κ2) is 4.75. The van der Waals surface area contributed by atoms with Gasteiger partial charge >= 0.3 is 5.97 Å². The summed E-state index contributed by atoms with van der Waals surface area (Å²) in [6.07, 6.45) is 1.37. The molecule has 4 heteroatoms. The number of hydrogen-bond acceptors (Lipinski definition) is 4. The molecule has 14 heavy (non-hydrogen) atoms. The zero-order chi connectivity index (χ0) is 10.6. The van der Waals surface area contributed by atoms with Gasteiger partial charge in [-0.3, -0.25) is 4.79 Å². The van der Waals surface area contributed by atoms with Crippen LogP contribution in [0.5, 0.6) is 0 Å². The molecule has 82 valence electrons. The first kappa shape index (κ1) is 11.5. The van der Waals surface area contributed by atoms with Gasteiger partial charge in [-0.15, -0.1) is 0 Å². The van der Waals surface area contributed by atoms with Gasteiger partial charge in [-0.25, -0.2) is 0 Å². The third-order valence-corrected chi connectivity index (χ3v) is 3.16. The maximum atomic E-state index is 11.2. The highest BCUT2D eigenvalue weighted by Crippen LogP contribution is 2.35. The second-order valence-corrected chi connectivity index (χ2v) is 4.17. The van der Waals surface area contributed by atoms with Crippen molar-refractivity contribution in [2.24, 2.45) is 17.1 Å². The van der Waals surface area contributed by atoms with E-state index in [1.807, 2.05) is 6.92 Å². The normalized spacial score (nSPS) is 25.8. The number of hydrogen-bond donors (Lipinski definition) is 1. The zero-order valence-electron chi connectivity index (χ0n) is 8.91. The van der Waals surface area contributed by atoms with Crippen molar-refractivity contribution in [2.45, 2.75) is 19.8 Å². The largest absolute Gasteiger partial charge is 0.469 e. The van der Waals surface area contributed by atoms with Gasteiger partial charge in [-0.2, -0.15) is 0 Å². The van der Waals surface area contributed by atoms with E-state index in [9.17, 15) is 4.79 Å². The van der Waals surface area contributed by atoms with Crippen LogP contribution in [0.25, 0.3) is 0 Å². The molecule has 0 aromatic heterocycles. The van der Waals surface area contributed by atoms with Crippen LogP contribution < -0.4 is 5.73 Å². The van der Waals surface area contributed by atoms with Gasteiger partial charge in [0.05, 0.1) is 20.1 Å². The summed E-state index contributed by atoms with van der Waals surface area (Å²) in [6, 6.07) is 0. The summed E-state index contributed by atoms with van der Waals surface area (Å²) in [5, 5.41) is 0. The molecule has 0 bridgehead atoms. The molecular weight excluding hydrogens is 182 g/mol. The molecule has 0 aromatic rings. The summed E-state index contributed by atoms with van der Waals surface area (Å²) in [6.45, 7) is 4.02. The van der Waals surface area contributed by atoms with Gasteiger partial charge < -0.3 is 15.2 Å². The fourth-order valence-electron chi connectivity index (χ4n) is 1.87. The molecule has 0 amide bonds. The van der Waals surface area contributed by atoms with Crippen LogP contribution in [-0.4, -0.2) is 32.8 Å². The standard InChI is InChI=1S/C10H19NO3/c1-10(7-11,5-9(12)13-2)8-3-4-14-6-8/h8H,3-7,11H2,1-2H3. The van der Waals surface area contributed by atoms with Gasteiger partial charge in [-0.05, 0) is 24.3 Å². The minimum atomic E-state index is -0.190. The quantitative estimate of drug-likeness (QED) is 0.675. The van der Waals surface area contributed by atoms with E-state index in [0.29, 0.717) is 25.5 Å². The summed E-state index contributed by atoms with van der Waals surface area (Å²) in [5.74, 6) is 0.191. The van der Waals surface area contributed by atoms with E-state index >= 15 is 0 Å². The third-order valence-electron chi connectivity index (χ3n) is 3.16. The lowest BCUT2D eigenvalue weighted by Crippen LogP contribution is -2.38. The molecule has 1 heterocycles. The fourth-order valence-corrected chi connectivity index (χ4v) is 1.87. The maximum Gasteiger partial charge on any atom is 0.306 e. The topological polar surface area (TPSA) is 61.5 Å². The van der Waals surface area contributed by atoms with Crippen molar-refractivity contribution >= 4 is 5.97 Å². The highest BCUT2D eigenvalue weighted by Gasteiger charge is 2.37. The zero-order valence-corrected chi connectivity index (χ0v) is 8.91. The molecule has 0 spiro atoms. The van der Waals surface area contributed by atoms with Gasteiger partial charge in [0, 0.05) is 6.61 Å². The van der Waals surface area contributed by atoms with Gasteiger partial charge in [0.25, 0.3) is 0 Å². The third kappa shape index (κ3) is 2.45. The molecule has 4 nitrogen and oxygen atoms in total. The molecule has 2 unspecified atom stereocenters. The van der Waals surface area contributed by atoms with Crippen LogP contribution in [0, 0.1) is 11.3 Å². The summed E-state index contributed by atoms with van der Waals surface area (Å²) in [4.78, 5) is 11.2. The first-order valence-electron chi connectivity index (χ1n) is 4.97. The van der Waals surface area contributed by atoms with Gasteiger partial charge in [0.2, 0.25) is 0 Å². The average molecular weight is 201 g/mol. The van der Waals surface area contributed by atoms with E-state index in [4.69, 9.17) is 10.5 Å². The Balaban J connectivity index is 2.59. The molecule has 0 radical (unpaired) electrons. The molecule has 0 saturated carbocycles. The molecule has 2 atom stereocenters. The van der Waals surface area contributed by atoms with E-state index in [2.05, 4.69) is 4.74 Å². The Hall–Kier alpha value is -0.610. The molecule has 0 aliphatic carbocycles. The van der Waals surface area contributed by atoms with Crippen molar-refractivity contribution in [3.05, 3.63) is 0 Å². The molecular formula is C10H19NO3. The number of rotatable bonds is 4. The Morgan fingerprint density at radius 1 is 1.71 bits per heavy atom. The fraction of sp³-hybridized carbons (Fsp3) is 0.900. The van der Waals surface area contributed by atoms with Crippen molar-refractivity contribution < 1.29 is 14.3 Å². The molecule has 2 N–H and O–H groups in total. The van der Waals surface area contributed by atoms with Crippen molar-refractivity contribution in [1.82, 2.24) is 0 Å². The van der Waals surface area contributed by atoms with Crippen LogP contribution in [0.4, 0.5) is 0 Å². The Bertz CT molecular complexity index is 202.